The Labute approximate surface area is 120 Å². The number of aromatic nitrogens is 1. The van der Waals surface area contributed by atoms with Gasteiger partial charge >= 0.3 is 0 Å². The van der Waals surface area contributed by atoms with E-state index in [4.69, 9.17) is 5.11 Å². The van der Waals surface area contributed by atoms with E-state index in [-0.39, 0.29) is 18.6 Å². The van der Waals surface area contributed by atoms with Crippen LogP contribution >= 0.6 is 0 Å². The number of hydrogen-bond acceptors (Lipinski definition) is 4. The molecule has 0 bridgehead atoms. The van der Waals surface area contributed by atoms with E-state index in [2.05, 4.69) is 27.0 Å². The number of aliphatic hydroxyl groups is 1. The van der Waals surface area contributed by atoms with E-state index < -0.39 is 0 Å². The summed E-state index contributed by atoms with van der Waals surface area (Å²) in [5.41, 5.74) is 1.05. The minimum atomic E-state index is -0.189. The molecule has 0 radical (unpaired) electrons. The summed E-state index contributed by atoms with van der Waals surface area (Å²) in [6.07, 6.45) is 2.42. The fourth-order valence-corrected chi connectivity index (χ4v) is 1.57. The number of amides is 1. The second-order valence-electron chi connectivity index (χ2n) is 4.86. The van der Waals surface area contributed by atoms with Crippen LogP contribution in [0, 0.1) is 11.8 Å². The minimum absolute atomic E-state index is 0.0977. The van der Waals surface area contributed by atoms with Gasteiger partial charge in [-0.3, -0.25) is 4.79 Å². The molecule has 0 fully saturated rings. The van der Waals surface area contributed by atoms with E-state index in [1.165, 1.54) is 6.20 Å². The van der Waals surface area contributed by atoms with Crippen molar-refractivity contribution in [2.24, 2.45) is 0 Å². The lowest BCUT2D eigenvalue weighted by molar-refractivity contribution is 0.0931. The maximum atomic E-state index is 12.0. The third kappa shape index (κ3) is 5.83. The summed E-state index contributed by atoms with van der Waals surface area (Å²) in [5, 5.41) is 11.5. The lowest BCUT2D eigenvalue weighted by Crippen LogP contribution is -2.35. The highest BCUT2D eigenvalue weighted by atomic mass is 16.2. The van der Waals surface area contributed by atoms with Gasteiger partial charge in [0.2, 0.25) is 0 Å². The highest BCUT2D eigenvalue weighted by Gasteiger charge is 2.10. The van der Waals surface area contributed by atoms with E-state index in [1.807, 2.05) is 21.0 Å². The fourth-order valence-electron chi connectivity index (χ4n) is 1.57. The molecule has 1 rings (SSSR count). The average Bonchev–Trinajstić information content (AvgIpc) is 2.43. The molecule has 0 aliphatic heterocycles. The Morgan fingerprint density at radius 1 is 1.50 bits per heavy atom. The van der Waals surface area contributed by atoms with Gasteiger partial charge in [0.1, 0.15) is 12.3 Å². The number of rotatable bonds is 5. The molecule has 1 atom stereocenters. The van der Waals surface area contributed by atoms with Crippen LogP contribution in [-0.4, -0.2) is 54.2 Å². The molecule has 0 aliphatic rings. The van der Waals surface area contributed by atoms with Crippen LogP contribution in [-0.2, 0) is 0 Å². The van der Waals surface area contributed by atoms with Crippen molar-refractivity contribution in [3.63, 3.8) is 0 Å². The fraction of sp³-hybridized carbons (Fsp3) is 0.467. The summed E-state index contributed by atoms with van der Waals surface area (Å²) in [6.45, 7) is 2.71. The van der Waals surface area contributed by atoms with Crippen LogP contribution in [0.1, 0.15) is 29.4 Å². The summed E-state index contributed by atoms with van der Waals surface area (Å²) in [7, 11) is 4.00. The van der Waals surface area contributed by atoms with Gasteiger partial charge in [-0.1, -0.05) is 11.8 Å². The van der Waals surface area contributed by atoms with Gasteiger partial charge in [-0.2, -0.15) is 0 Å². The molecule has 0 spiro atoms. The Bertz CT molecular complexity index is 486. The Morgan fingerprint density at radius 3 is 2.80 bits per heavy atom. The predicted octanol–water partition coefficient (Wildman–Crippen LogP) is 0.495. The number of nitrogens with one attached hydrogen (secondary N) is 1. The SMILES string of the molecule is CC(CCN(C)C)NC(=O)c1ccc(C#CCO)cn1. The van der Waals surface area contributed by atoms with Crippen LogP contribution in [0.5, 0.6) is 0 Å². The molecule has 0 aromatic carbocycles. The van der Waals surface area contributed by atoms with Crippen LogP contribution in [0.25, 0.3) is 0 Å². The van der Waals surface area contributed by atoms with E-state index in [0.29, 0.717) is 11.3 Å². The van der Waals surface area contributed by atoms with Gasteiger partial charge in [-0.15, -0.1) is 0 Å². The zero-order chi connectivity index (χ0) is 15.0. The van der Waals surface area contributed by atoms with Crippen LogP contribution in [0.15, 0.2) is 18.3 Å². The van der Waals surface area contributed by atoms with Crippen LogP contribution < -0.4 is 5.32 Å². The average molecular weight is 275 g/mol. The lowest BCUT2D eigenvalue weighted by atomic mass is 10.2. The molecule has 1 heterocycles. The first-order valence-electron chi connectivity index (χ1n) is 6.54. The van der Waals surface area contributed by atoms with Crippen molar-refractivity contribution in [1.82, 2.24) is 15.2 Å². The van der Waals surface area contributed by atoms with E-state index in [0.717, 1.165) is 13.0 Å². The van der Waals surface area contributed by atoms with Gasteiger partial charge in [0, 0.05) is 17.8 Å². The number of pyridine rings is 1. The van der Waals surface area contributed by atoms with Crippen molar-refractivity contribution < 1.29 is 9.90 Å². The first-order chi connectivity index (χ1) is 9.52. The quantitative estimate of drug-likeness (QED) is 0.768. The molecular weight excluding hydrogens is 254 g/mol. The summed E-state index contributed by atoms with van der Waals surface area (Å²) in [5.74, 6) is 5.08. The molecule has 20 heavy (non-hydrogen) atoms. The second-order valence-corrected chi connectivity index (χ2v) is 4.86. The molecule has 108 valence electrons. The molecule has 1 amide bonds. The molecule has 0 aliphatic carbocycles. The number of hydrogen-bond donors (Lipinski definition) is 2. The van der Waals surface area contributed by atoms with Crippen molar-refractivity contribution in [3.8, 4) is 11.8 Å². The van der Waals surface area contributed by atoms with Gasteiger partial charge in [0.15, 0.2) is 0 Å². The van der Waals surface area contributed by atoms with E-state index in [1.54, 1.807) is 12.1 Å². The Kier molecular flexibility index (Phi) is 6.71. The van der Waals surface area contributed by atoms with E-state index >= 15 is 0 Å². The molecule has 5 heteroatoms. The molecule has 2 N–H and O–H groups in total. The minimum Gasteiger partial charge on any atom is -0.384 e. The van der Waals surface area contributed by atoms with Crippen molar-refractivity contribution in [1.29, 1.82) is 0 Å². The molecular formula is C15H21N3O2. The zero-order valence-electron chi connectivity index (χ0n) is 12.2. The molecule has 5 nitrogen and oxygen atoms in total. The molecule has 1 unspecified atom stereocenters. The summed E-state index contributed by atoms with van der Waals surface area (Å²) < 4.78 is 0. The van der Waals surface area contributed by atoms with Crippen LogP contribution in [0.4, 0.5) is 0 Å². The number of carbonyl (C=O) groups is 1. The van der Waals surface area contributed by atoms with Gasteiger partial charge in [-0.25, -0.2) is 4.98 Å². The predicted molar refractivity (Wildman–Crippen MR) is 78.3 cm³/mol. The monoisotopic (exact) mass is 275 g/mol. The van der Waals surface area contributed by atoms with Crippen molar-refractivity contribution in [2.75, 3.05) is 27.2 Å². The highest BCUT2D eigenvalue weighted by molar-refractivity contribution is 5.92. The number of aliphatic hydroxyl groups excluding tert-OH is 1. The zero-order valence-corrected chi connectivity index (χ0v) is 12.2. The van der Waals surface area contributed by atoms with Crippen LogP contribution in [0.3, 0.4) is 0 Å². The molecule has 0 saturated heterocycles. The molecule has 0 saturated carbocycles. The van der Waals surface area contributed by atoms with Crippen molar-refractivity contribution in [3.05, 3.63) is 29.6 Å². The first-order valence-corrected chi connectivity index (χ1v) is 6.54. The summed E-state index contributed by atoms with van der Waals surface area (Å²) in [6, 6.07) is 3.45. The maximum absolute atomic E-state index is 12.0. The normalized spacial score (nSPS) is 11.7. The maximum Gasteiger partial charge on any atom is 0.270 e. The third-order valence-electron chi connectivity index (χ3n) is 2.69. The second kappa shape index (κ2) is 8.31. The lowest BCUT2D eigenvalue weighted by Gasteiger charge is -2.16. The largest absolute Gasteiger partial charge is 0.384 e. The molecule has 1 aromatic rings. The van der Waals surface area contributed by atoms with Gasteiger partial charge < -0.3 is 15.3 Å². The van der Waals surface area contributed by atoms with Gasteiger partial charge in [-0.05, 0) is 46.1 Å². The van der Waals surface area contributed by atoms with Gasteiger partial charge in [0.25, 0.3) is 5.91 Å². The van der Waals surface area contributed by atoms with Crippen LogP contribution in [0.2, 0.25) is 0 Å². The summed E-state index contributed by atoms with van der Waals surface area (Å²) >= 11 is 0. The smallest absolute Gasteiger partial charge is 0.270 e. The van der Waals surface area contributed by atoms with Gasteiger partial charge in [0.05, 0.1) is 0 Å². The molecule has 1 aromatic heterocycles. The summed E-state index contributed by atoms with van der Waals surface area (Å²) in [4.78, 5) is 18.1. The Morgan fingerprint density at radius 2 is 2.25 bits per heavy atom. The van der Waals surface area contributed by atoms with Crippen molar-refractivity contribution >= 4 is 5.91 Å². The topological polar surface area (TPSA) is 65.5 Å². The van der Waals surface area contributed by atoms with Crippen molar-refractivity contribution in [2.45, 2.75) is 19.4 Å². The standard InChI is InChI=1S/C15H21N3O2/c1-12(8-9-18(2)3)17-15(20)14-7-6-13(11-16-14)5-4-10-19/h6-7,11-12,19H,8-10H2,1-3H3,(H,17,20). The highest BCUT2D eigenvalue weighted by Crippen LogP contribution is 2.01. The Hall–Kier alpha value is -1.90. The number of carbonyl (C=O) groups excluding carboxylic acids is 1. The number of nitrogens with zero attached hydrogens (tertiary/aromatic N) is 2. The Balaban J connectivity index is 2.55. The third-order valence-corrected chi connectivity index (χ3v) is 2.69. The first kappa shape index (κ1) is 16.2. The van der Waals surface area contributed by atoms with E-state index in [9.17, 15) is 4.79 Å².